The van der Waals surface area contributed by atoms with Crippen molar-refractivity contribution in [1.82, 2.24) is 0 Å². The summed E-state index contributed by atoms with van der Waals surface area (Å²) < 4.78 is 67.7. The molecule has 3 aromatic carbocycles. The molecule has 1 heterocycles. The number of halogens is 3. The molecule has 7 nitrogen and oxygen atoms in total. The maximum atomic E-state index is 14.0. The zero-order valence-corrected chi connectivity index (χ0v) is 20.4. The molecule has 0 saturated heterocycles. The van der Waals surface area contributed by atoms with Crippen LogP contribution in [0.5, 0.6) is 23.0 Å². The van der Waals surface area contributed by atoms with E-state index >= 15 is 0 Å². The first kappa shape index (κ1) is 26.3. The lowest BCUT2D eigenvalue weighted by Crippen LogP contribution is -2.16. The molecule has 4 aromatic rings. The monoisotopic (exact) mass is 526 g/mol. The highest BCUT2D eigenvalue weighted by Gasteiger charge is 2.39. The van der Waals surface area contributed by atoms with E-state index in [-0.39, 0.29) is 28.2 Å². The van der Waals surface area contributed by atoms with Crippen LogP contribution in [0.4, 0.5) is 13.2 Å². The Morgan fingerprint density at radius 2 is 1.53 bits per heavy atom. The third kappa shape index (κ3) is 5.49. The molecule has 0 unspecified atom stereocenters. The summed E-state index contributed by atoms with van der Waals surface area (Å²) >= 11 is 0. The lowest BCUT2D eigenvalue weighted by Gasteiger charge is -2.14. The van der Waals surface area contributed by atoms with Gasteiger partial charge in [0.15, 0.2) is 11.5 Å². The summed E-state index contributed by atoms with van der Waals surface area (Å²) in [5, 5.41) is -0.128. The Kier molecular flexibility index (Phi) is 7.43. The minimum absolute atomic E-state index is 0.0650. The molecule has 0 saturated carbocycles. The first-order chi connectivity index (χ1) is 18.1. The number of methoxy groups -OCH3 is 3. The Bertz CT molecular complexity index is 1570. The standard InChI is InChI=1S/C28H21F3O7/c1-34-18-8-4-16(5-9-18)6-13-24(32)37-19-10-11-20-22(15-19)38-27(28(29,30)31)25(26(20)33)17-7-12-21(35-2)23(14-17)36-3/h4-15H,1-3H3. The minimum atomic E-state index is -5.00. The first-order valence-electron chi connectivity index (χ1n) is 11.1. The number of benzene rings is 3. The molecule has 0 aliphatic heterocycles. The Morgan fingerprint density at radius 1 is 0.842 bits per heavy atom. The van der Waals surface area contributed by atoms with E-state index < -0.39 is 34.5 Å². The lowest BCUT2D eigenvalue weighted by molar-refractivity contribution is -0.152. The summed E-state index contributed by atoms with van der Waals surface area (Å²) in [4.78, 5) is 25.5. The van der Waals surface area contributed by atoms with Crippen LogP contribution < -0.4 is 24.4 Å². The normalized spacial score (nSPS) is 11.5. The van der Waals surface area contributed by atoms with Crippen molar-refractivity contribution in [3.8, 4) is 34.1 Å². The summed E-state index contributed by atoms with van der Waals surface area (Å²) in [5.41, 5.74) is -1.35. The number of fused-ring (bicyclic) bond motifs is 1. The molecule has 38 heavy (non-hydrogen) atoms. The molecule has 0 amide bonds. The number of rotatable bonds is 7. The minimum Gasteiger partial charge on any atom is -0.497 e. The summed E-state index contributed by atoms with van der Waals surface area (Å²) in [6, 6.07) is 14.4. The number of carbonyl (C=O) groups excluding carboxylic acids is 1. The topological polar surface area (TPSA) is 84.2 Å². The van der Waals surface area contributed by atoms with Crippen molar-refractivity contribution in [1.29, 1.82) is 0 Å². The Morgan fingerprint density at radius 3 is 2.16 bits per heavy atom. The fourth-order valence-corrected chi connectivity index (χ4v) is 3.72. The van der Waals surface area contributed by atoms with Crippen LogP contribution in [0.25, 0.3) is 28.2 Å². The molecular weight excluding hydrogens is 505 g/mol. The second kappa shape index (κ2) is 10.7. The van der Waals surface area contributed by atoms with Crippen LogP contribution in [0.15, 0.2) is 76.0 Å². The van der Waals surface area contributed by atoms with Crippen molar-refractivity contribution in [3.05, 3.63) is 88.3 Å². The van der Waals surface area contributed by atoms with Gasteiger partial charge in [0.25, 0.3) is 0 Å². The smallest absolute Gasteiger partial charge is 0.450 e. The average molecular weight is 526 g/mol. The number of ether oxygens (including phenoxy) is 4. The van der Waals surface area contributed by atoms with Gasteiger partial charge in [0, 0.05) is 12.1 Å². The molecule has 1 aromatic heterocycles. The predicted molar refractivity (Wildman–Crippen MR) is 134 cm³/mol. The van der Waals surface area contributed by atoms with Crippen LogP contribution in [0.2, 0.25) is 0 Å². The van der Waals surface area contributed by atoms with Gasteiger partial charge < -0.3 is 23.4 Å². The quantitative estimate of drug-likeness (QED) is 0.163. The molecule has 0 aliphatic rings. The van der Waals surface area contributed by atoms with Gasteiger partial charge in [0.1, 0.15) is 17.1 Å². The summed E-state index contributed by atoms with van der Waals surface area (Å²) in [5.74, 6) is -1.30. The first-order valence-corrected chi connectivity index (χ1v) is 11.1. The van der Waals surface area contributed by atoms with Crippen LogP contribution in [-0.2, 0) is 11.0 Å². The van der Waals surface area contributed by atoms with E-state index in [9.17, 15) is 22.8 Å². The van der Waals surface area contributed by atoms with Crippen LogP contribution in [0.3, 0.4) is 0 Å². The lowest BCUT2D eigenvalue weighted by atomic mass is 10.0. The highest BCUT2D eigenvalue weighted by molar-refractivity contribution is 5.90. The van der Waals surface area contributed by atoms with Gasteiger partial charge in [-0.2, -0.15) is 13.2 Å². The van der Waals surface area contributed by atoms with E-state index in [0.29, 0.717) is 11.3 Å². The maximum Gasteiger partial charge on any atom is 0.450 e. The fourth-order valence-electron chi connectivity index (χ4n) is 3.72. The van der Waals surface area contributed by atoms with Crippen molar-refractivity contribution in [3.63, 3.8) is 0 Å². The number of carbonyl (C=O) groups is 1. The number of hydrogen-bond acceptors (Lipinski definition) is 7. The third-order valence-corrected chi connectivity index (χ3v) is 5.54. The molecule has 0 atom stereocenters. The van der Waals surface area contributed by atoms with E-state index in [0.717, 1.165) is 12.1 Å². The second-order valence-electron chi connectivity index (χ2n) is 7.89. The van der Waals surface area contributed by atoms with E-state index in [2.05, 4.69) is 0 Å². The van der Waals surface area contributed by atoms with Crippen LogP contribution in [0.1, 0.15) is 11.3 Å². The zero-order chi connectivity index (χ0) is 27.4. The molecule has 0 bridgehead atoms. The number of alkyl halides is 3. The highest BCUT2D eigenvalue weighted by atomic mass is 19.4. The zero-order valence-electron chi connectivity index (χ0n) is 20.4. The molecule has 0 N–H and O–H groups in total. The molecule has 0 aliphatic carbocycles. The van der Waals surface area contributed by atoms with Crippen LogP contribution >= 0.6 is 0 Å². The summed E-state index contributed by atoms with van der Waals surface area (Å²) in [6.45, 7) is 0. The maximum absolute atomic E-state index is 14.0. The predicted octanol–water partition coefficient (Wildman–Crippen LogP) is 6.12. The molecular formula is C28H21F3O7. The Hall–Kier alpha value is -4.73. The number of esters is 1. The van der Waals surface area contributed by atoms with Crippen molar-refractivity contribution in [2.75, 3.05) is 21.3 Å². The van der Waals surface area contributed by atoms with Gasteiger partial charge in [-0.1, -0.05) is 18.2 Å². The molecule has 0 fully saturated rings. The Balaban J connectivity index is 1.70. The SMILES string of the molecule is COc1ccc(C=CC(=O)Oc2ccc3c(=O)c(-c4ccc(OC)c(OC)c4)c(C(F)(F)F)oc3c2)cc1. The average Bonchev–Trinajstić information content (AvgIpc) is 2.91. The van der Waals surface area contributed by atoms with Gasteiger partial charge in [-0.05, 0) is 53.6 Å². The Labute approximate surface area is 214 Å². The molecule has 196 valence electrons. The highest BCUT2D eigenvalue weighted by Crippen LogP contribution is 2.40. The molecule has 4 rings (SSSR count). The summed E-state index contributed by atoms with van der Waals surface area (Å²) in [7, 11) is 4.23. The van der Waals surface area contributed by atoms with Gasteiger partial charge >= 0.3 is 12.1 Å². The fraction of sp³-hybridized carbons (Fsp3) is 0.143. The van der Waals surface area contributed by atoms with Gasteiger partial charge in [-0.3, -0.25) is 4.79 Å². The van der Waals surface area contributed by atoms with Crippen molar-refractivity contribution >= 4 is 23.0 Å². The molecule has 0 radical (unpaired) electrons. The van der Waals surface area contributed by atoms with E-state index in [1.807, 2.05) is 0 Å². The van der Waals surface area contributed by atoms with Gasteiger partial charge in [0.05, 0.1) is 32.3 Å². The van der Waals surface area contributed by atoms with Crippen LogP contribution in [0, 0.1) is 0 Å². The van der Waals surface area contributed by atoms with Crippen molar-refractivity contribution in [2.45, 2.75) is 6.18 Å². The number of hydrogen-bond donors (Lipinski definition) is 0. The van der Waals surface area contributed by atoms with Gasteiger partial charge in [-0.25, -0.2) is 4.79 Å². The van der Waals surface area contributed by atoms with E-state index in [4.69, 9.17) is 23.4 Å². The van der Waals surface area contributed by atoms with E-state index in [1.54, 1.807) is 24.3 Å². The summed E-state index contributed by atoms with van der Waals surface area (Å²) in [6.07, 6.45) is -2.34. The van der Waals surface area contributed by atoms with Gasteiger partial charge in [-0.15, -0.1) is 0 Å². The third-order valence-electron chi connectivity index (χ3n) is 5.54. The molecule has 0 spiro atoms. The van der Waals surface area contributed by atoms with Crippen LogP contribution in [-0.4, -0.2) is 27.3 Å². The largest absolute Gasteiger partial charge is 0.497 e. The van der Waals surface area contributed by atoms with Crippen molar-refractivity contribution in [2.24, 2.45) is 0 Å². The van der Waals surface area contributed by atoms with E-state index in [1.165, 1.54) is 57.7 Å². The van der Waals surface area contributed by atoms with Crippen molar-refractivity contribution < 1.29 is 41.3 Å². The second-order valence-corrected chi connectivity index (χ2v) is 7.89. The molecule has 10 heteroatoms. The van der Waals surface area contributed by atoms with Gasteiger partial charge in [0.2, 0.25) is 11.2 Å².